The molecule has 1 nitrogen and oxygen atoms in total. The van der Waals surface area contributed by atoms with Crippen molar-refractivity contribution in [3.05, 3.63) is 60.8 Å². The summed E-state index contributed by atoms with van der Waals surface area (Å²) in [5.41, 5.74) is 1.30. The summed E-state index contributed by atoms with van der Waals surface area (Å²) in [6.45, 7) is 0. The lowest BCUT2D eigenvalue weighted by atomic mass is 10.1. The van der Waals surface area contributed by atoms with Crippen LogP contribution in [-0.4, -0.2) is 0 Å². The maximum Gasteiger partial charge on any atom is 0.268 e. The first-order valence-electron chi connectivity index (χ1n) is 5.64. The molecule has 17 heavy (non-hydrogen) atoms. The molecule has 0 aliphatic rings. The lowest BCUT2D eigenvalue weighted by Crippen LogP contribution is -2.17. The number of benzene rings is 2. The molecule has 0 fully saturated rings. The van der Waals surface area contributed by atoms with Crippen LogP contribution in [0.15, 0.2) is 60.8 Å². The molecule has 0 saturated heterocycles. The molecule has 0 aliphatic heterocycles. The predicted octanol–water partition coefficient (Wildman–Crippen LogP) is 3.79. The smallest absolute Gasteiger partial charge is 0.150 e. The summed E-state index contributed by atoms with van der Waals surface area (Å²) in [5, 5.41) is 2.66. The number of thiazole rings is 1. The highest BCUT2D eigenvalue weighted by atomic mass is 32.1. The van der Waals surface area contributed by atoms with E-state index in [2.05, 4.69) is 65.2 Å². The second-order valence-electron chi connectivity index (χ2n) is 4.15. The molecule has 2 heteroatoms. The highest BCUT2D eigenvalue weighted by molar-refractivity contribution is 7.24. The second-order valence-corrected chi connectivity index (χ2v) is 5.18. The van der Waals surface area contributed by atoms with Crippen molar-refractivity contribution < 1.29 is 4.40 Å². The Labute approximate surface area is 103 Å². The van der Waals surface area contributed by atoms with Gasteiger partial charge < -0.3 is 0 Å². The summed E-state index contributed by atoms with van der Waals surface area (Å²) in [6.07, 6.45) is 2.13. The van der Waals surface area contributed by atoms with Gasteiger partial charge in [-0.05, 0) is 17.5 Å². The third kappa shape index (κ3) is 1.22. The highest BCUT2D eigenvalue weighted by Gasteiger charge is 2.14. The van der Waals surface area contributed by atoms with E-state index in [1.165, 1.54) is 25.8 Å². The fraction of sp³-hybridized carbons (Fsp3) is 0. The molecule has 4 rings (SSSR count). The van der Waals surface area contributed by atoms with Crippen LogP contribution in [0.5, 0.6) is 0 Å². The van der Waals surface area contributed by atoms with Crippen molar-refractivity contribution in [2.75, 3.05) is 0 Å². The standard InChI is InChI=1S/C15H10NS/c1-2-6-12-11(5-1)8-9-13-15(12)17-14-7-3-4-10-16(13)14/h1-10H/q+1. The average Bonchev–Trinajstić information content (AvgIpc) is 2.78. The van der Waals surface area contributed by atoms with Crippen LogP contribution in [0.25, 0.3) is 25.8 Å². The lowest BCUT2D eigenvalue weighted by molar-refractivity contribution is -0.477. The maximum atomic E-state index is 2.26. The minimum atomic E-state index is 1.29. The van der Waals surface area contributed by atoms with E-state index < -0.39 is 0 Å². The van der Waals surface area contributed by atoms with Gasteiger partial charge in [-0.15, -0.1) is 0 Å². The molecule has 2 aromatic carbocycles. The van der Waals surface area contributed by atoms with Crippen molar-refractivity contribution in [1.29, 1.82) is 0 Å². The van der Waals surface area contributed by atoms with Gasteiger partial charge in [0.2, 0.25) is 5.52 Å². The predicted molar refractivity (Wildman–Crippen MR) is 72.5 cm³/mol. The van der Waals surface area contributed by atoms with E-state index in [0.717, 1.165) is 0 Å². The van der Waals surface area contributed by atoms with Crippen molar-refractivity contribution in [2.24, 2.45) is 0 Å². The first-order valence-corrected chi connectivity index (χ1v) is 6.46. The zero-order chi connectivity index (χ0) is 11.2. The van der Waals surface area contributed by atoms with Crippen LogP contribution < -0.4 is 4.40 Å². The number of rotatable bonds is 0. The van der Waals surface area contributed by atoms with Crippen LogP contribution in [0.4, 0.5) is 0 Å². The molecule has 0 aliphatic carbocycles. The Morgan fingerprint density at radius 2 is 1.71 bits per heavy atom. The van der Waals surface area contributed by atoms with E-state index in [1.54, 1.807) is 0 Å². The van der Waals surface area contributed by atoms with Crippen LogP contribution in [0.1, 0.15) is 0 Å². The van der Waals surface area contributed by atoms with Crippen molar-refractivity contribution >= 4 is 37.2 Å². The number of nitrogens with zero attached hydrogens (tertiary/aromatic N) is 1. The maximum absolute atomic E-state index is 2.26. The summed E-state index contributed by atoms with van der Waals surface area (Å²) in [6, 6.07) is 19.3. The van der Waals surface area contributed by atoms with E-state index in [0.29, 0.717) is 0 Å². The SMILES string of the molecule is c1ccc2c(c1)ccc1c2sc2cccc[n+]21. The van der Waals surface area contributed by atoms with Crippen LogP contribution >= 0.6 is 11.3 Å². The molecule has 0 atom stereocenters. The van der Waals surface area contributed by atoms with Crippen molar-refractivity contribution in [3.8, 4) is 0 Å². The van der Waals surface area contributed by atoms with Gasteiger partial charge in [-0.25, -0.2) is 0 Å². The van der Waals surface area contributed by atoms with Gasteiger partial charge in [-0.2, -0.15) is 4.40 Å². The summed E-state index contributed by atoms with van der Waals surface area (Å²) < 4.78 is 3.63. The average molecular weight is 236 g/mol. The summed E-state index contributed by atoms with van der Waals surface area (Å²) in [4.78, 5) is 1.29. The van der Waals surface area contributed by atoms with Gasteiger partial charge in [0.25, 0.3) is 4.83 Å². The van der Waals surface area contributed by atoms with E-state index in [9.17, 15) is 0 Å². The van der Waals surface area contributed by atoms with E-state index >= 15 is 0 Å². The van der Waals surface area contributed by atoms with Gasteiger partial charge in [0, 0.05) is 23.6 Å². The Bertz CT molecular complexity index is 845. The normalized spacial score (nSPS) is 11.5. The van der Waals surface area contributed by atoms with Gasteiger partial charge >= 0.3 is 0 Å². The van der Waals surface area contributed by atoms with Gasteiger partial charge in [0.1, 0.15) is 4.70 Å². The van der Waals surface area contributed by atoms with E-state index in [-0.39, 0.29) is 0 Å². The molecule has 4 aromatic rings. The zero-order valence-corrected chi connectivity index (χ0v) is 9.95. The summed E-state index contributed by atoms with van der Waals surface area (Å²) in [5.74, 6) is 0. The molecule has 0 radical (unpaired) electrons. The Kier molecular flexibility index (Phi) is 1.76. The van der Waals surface area contributed by atoms with Gasteiger partial charge in [-0.3, -0.25) is 0 Å². The zero-order valence-electron chi connectivity index (χ0n) is 9.13. The van der Waals surface area contributed by atoms with Gasteiger partial charge in [0.15, 0.2) is 6.20 Å². The van der Waals surface area contributed by atoms with Crippen LogP contribution in [0.2, 0.25) is 0 Å². The molecule has 0 spiro atoms. The highest BCUT2D eigenvalue weighted by Crippen LogP contribution is 2.29. The first-order chi connectivity index (χ1) is 8.43. The molecule has 0 N–H and O–H groups in total. The van der Waals surface area contributed by atoms with Gasteiger partial charge in [0.05, 0.1) is 0 Å². The van der Waals surface area contributed by atoms with Crippen molar-refractivity contribution in [1.82, 2.24) is 0 Å². The molecule has 0 saturated carbocycles. The quantitative estimate of drug-likeness (QED) is 0.409. The third-order valence-corrected chi connectivity index (χ3v) is 4.32. The molecule has 2 heterocycles. The number of aromatic nitrogens is 1. The Hall–Kier alpha value is -1.93. The fourth-order valence-electron chi connectivity index (χ4n) is 2.34. The van der Waals surface area contributed by atoms with Crippen molar-refractivity contribution in [3.63, 3.8) is 0 Å². The van der Waals surface area contributed by atoms with Crippen LogP contribution in [-0.2, 0) is 0 Å². The topological polar surface area (TPSA) is 4.10 Å². The monoisotopic (exact) mass is 236 g/mol. The second kappa shape index (κ2) is 3.28. The molecule has 0 amide bonds. The Morgan fingerprint density at radius 3 is 2.71 bits per heavy atom. The first kappa shape index (κ1) is 9.14. The number of pyridine rings is 1. The molecular formula is C15H10NS+. The number of hydrogen-bond acceptors (Lipinski definition) is 1. The number of fused-ring (bicyclic) bond motifs is 5. The molecule has 0 bridgehead atoms. The van der Waals surface area contributed by atoms with Crippen molar-refractivity contribution in [2.45, 2.75) is 0 Å². The summed E-state index contributed by atoms with van der Waals surface area (Å²) in [7, 11) is 0. The van der Waals surface area contributed by atoms with E-state index in [1.807, 2.05) is 11.3 Å². The molecule has 2 aromatic heterocycles. The van der Waals surface area contributed by atoms with E-state index in [4.69, 9.17) is 0 Å². The third-order valence-electron chi connectivity index (χ3n) is 3.15. The fourth-order valence-corrected chi connectivity index (χ4v) is 3.52. The minimum absolute atomic E-state index is 1.29. The Morgan fingerprint density at radius 1 is 0.824 bits per heavy atom. The summed E-state index contributed by atoms with van der Waals surface area (Å²) >= 11 is 1.85. The molecule has 80 valence electrons. The largest absolute Gasteiger partial charge is 0.268 e. The van der Waals surface area contributed by atoms with Crippen LogP contribution in [0, 0.1) is 0 Å². The number of hydrogen-bond donors (Lipinski definition) is 0. The lowest BCUT2D eigenvalue weighted by Gasteiger charge is -1.94. The minimum Gasteiger partial charge on any atom is -0.150 e. The Balaban J connectivity index is 2.34. The van der Waals surface area contributed by atoms with Crippen LogP contribution in [0.3, 0.4) is 0 Å². The molecular weight excluding hydrogens is 226 g/mol. The molecule has 0 unspecified atom stereocenters. The van der Waals surface area contributed by atoms with Gasteiger partial charge in [-0.1, -0.05) is 35.6 Å².